The molecule has 0 unspecified atom stereocenters. The second kappa shape index (κ2) is 14.7. The molecule has 1 aliphatic carbocycles. The highest BCUT2D eigenvalue weighted by Crippen LogP contribution is 2.37. The molecule has 7 nitrogen and oxygen atoms in total. The lowest BCUT2D eigenvalue weighted by Crippen LogP contribution is -2.54. The lowest BCUT2D eigenvalue weighted by molar-refractivity contribution is -0.140. The summed E-state index contributed by atoms with van der Waals surface area (Å²) in [5.41, 5.74) is 0.00176. The number of carbonyl (C=O) groups is 2. The van der Waals surface area contributed by atoms with Crippen molar-refractivity contribution in [1.29, 1.82) is 0 Å². The molecule has 0 radical (unpaired) electrons. The first-order valence-corrected chi connectivity index (χ1v) is 16.7. The minimum absolute atomic E-state index is 0.0212. The molecule has 1 saturated carbocycles. The third-order valence-electron chi connectivity index (χ3n) is 7.93. The summed E-state index contributed by atoms with van der Waals surface area (Å²) in [5, 5.41) is 2.78. The van der Waals surface area contributed by atoms with Crippen LogP contribution in [0.25, 0.3) is 0 Å². The van der Waals surface area contributed by atoms with Crippen molar-refractivity contribution < 1.29 is 31.2 Å². The average Bonchev–Trinajstić information content (AvgIpc) is 3.00. The number of carbonyl (C=O) groups excluding carboxylic acids is 2. The van der Waals surface area contributed by atoms with Crippen molar-refractivity contribution in [3.63, 3.8) is 0 Å². The Balaban J connectivity index is 1.78. The predicted molar refractivity (Wildman–Crippen MR) is 168 cm³/mol. The van der Waals surface area contributed by atoms with Crippen molar-refractivity contribution in [3.8, 4) is 0 Å². The summed E-state index contributed by atoms with van der Waals surface area (Å²) in [4.78, 5) is 29.0. The van der Waals surface area contributed by atoms with Crippen LogP contribution in [0, 0.1) is 6.92 Å². The van der Waals surface area contributed by atoms with Crippen LogP contribution in [-0.4, -0.2) is 43.8 Å². The first kappa shape index (κ1) is 34.3. The highest BCUT2D eigenvalue weighted by molar-refractivity contribution is 7.92. The zero-order valence-corrected chi connectivity index (χ0v) is 26.8. The van der Waals surface area contributed by atoms with Gasteiger partial charge in [0.25, 0.3) is 10.0 Å². The van der Waals surface area contributed by atoms with E-state index in [0.717, 1.165) is 49.8 Å². The number of sulfonamides is 1. The molecule has 0 aliphatic heterocycles. The van der Waals surface area contributed by atoms with E-state index < -0.39 is 45.9 Å². The van der Waals surface area contributed by atoms with Crippen LogP contribution in [0.15, 0.2) is 77.7 Å². The van der Waals surface area contributed by atoms with Crippen LogP contribution >= 0.6 is 11.6 Å². The van der Waals surface area contributed by atoms with Gasteiger partial charge in [0.15, 0.2) is 0 Å². The van der Waals surface area contributed by atoms with E-state index in [1.165, 1.54) is 29.2 Å². The van der Waals surface area contributed by atoms with Gasteiger partial charge in [-0.05, 0) is 62.1 Å². The Morgan fingerprint density at radius 3 is 2.29 bits per heavy atom. The summed E-state index contributed by atoms with van der Waals surface area (Å²) in [6.07, 6.45) is 0.135. The Kier molecular flexibility index (Phi) is 11.2. The van der Waals surface area contributed by atoms with Gasteiger partial charge in [0.1, 0.15) is 12.6 Å². The molecule has 3 aromatic carbocycles. The van der Waals surface area contributed by atoms with Gasteiger partial charge in [-0.2, -0.15) is 13.2 Å². The lowest BCUT2D eigenvalue weighted by Gasteiger charge is -2.34. The Labute approximate surface area is 267 Å². The monoisotopic (exact) mass is 663 g/mol. The number of alkyl halides is 3. The maximum atomic E-state index is 14.3. The third kappa shape index (κ3) is 8.58. The number of halogens is 4. The number of aryl methyl sites for hydroxylation is 1. The average molecular weight is 664 g/mol. The quantitative estimate of drug-likeness (QED) is 0.237. The van der Waals surface area contributed by atoms with Crippen molar-refractivity contribution in [2.24, 2.45) is 0 Å². The molecule has 1 fully saturated rings. The van der Waals surface area contributed by atoms with Crippen molar-refractivity contribution in [3.05, 3.63) is 94.5 Å². The predicted octanol–water partition coefficient (Wildman–Crippen LogP) is 7.12. The molecule has 1 N–H and O–H groups in total. The van der Waals surface area contributed by atoms with Crippen LogP contribution in [0.1, 0.15) is 62.1 Å². The summed E-state index contributed by atoms with van der Waals surface area (Å²) in [7, 11) is -4.59. The minimum Gasteiger partial charge on any atom is -0.352 e. The van der Waals surface area contributed by atoms with Gasteiger partial charge >= 0.3 is 6.18 Å². The van der Waals surface area contributed by atoms with Crippen molar-refractivity contribution in [2.75, 3.05) is 10.8 Å². The van der Waals surface area contributed by atoms with Gasteiger partial charge in [0, 0.05) is 12.6 Å². The summed E-state index contributed by atoms with van der Waals surface area (Å²) >= 11 is 6.33. The fraction of sp³-hybridized carbons (Fsp3) is 0.394. The first-order valence-electron chi connectivity index (χ1n) is 14.9. The molecule has 0 bridgehead atoms. The number of benzene rings is 3. The third-order valence-corrected chi connectivity index (χ3v) is 10.0. The van der Waals surface area contributed by atoms with Crippen molar-refractivity contribution >= 4 is 39.1 Å². The Morgan fingerprint density at radius 2 is 1.67 bits per heavy atom. The van der Waals surface area contributed by atoms with Crippen molar-refractivity contribution in [2.45, 2.75) is 82.1 Å². The van der Waals surface area contributed by atoms with Gasteiger partial charge in [-0.15, -0.1) is 0 Å². The number of hydrogen-bond acceptors (Lipinski definition) is 4. The SMILES string of the molecule is CC[C@H](C(=O)NC1CCCCC1)N(Cc1cccc(C)c1)C(=O)CN(c1cc(C(F)(F)F)ccc1Cl)S(=O)(=O)c1ccccc1. The number of nitrogens with one attached hydrogen (secondary N) is 1. The molecule has 2 amide bonds. The van der Waals surface area contributed by atoms with E-state index in [0.29, 0.717) is 15.9 Å². The summed E-state index contributed by atoms with van der Waals surface area (Å²) in [6, 6.07) is 15.8. The number of nitrogens with zero attached hydrogens (tertiary/aromatic N) is 2. The zero-order valence-electron chi connectivity index (χ0n) is 25.2. The standard InChI is InChI=1S/C33H37ClF3N3O4S/c1-3-29(32(42)38-26-13-6-4-7-14-26)39(21-24-12-10-11-23(2)19-24)31(41)22-40(45(43,44)27-15-8-5-9-16-27)30-20-25(33(35,36)37)17-18-28(30)34/h5,8-12,15-20,26,29H,3-4,6-7,13-14,21-22H2,1-2H3,(H,38,42)/t29-/m1/s1. The summed E-state index contributed by atoms with van der Waals surface area (Å²) < 4.78 is 69.8. The Morgan fingerprint density at radius 1 is 0.978 bits per heavy atom. The molecule has 0 saturated heterocycles. The lowest BCUT2D eigenvalue weighted by atomic mass is 9.95. The first-order chi connectivity index (χ1) is 21.3. The highest BCUT2D eigenvalue weighted by Gasteiger charge is 2.37. The van der Waals surface area contributed by atoms with Crippen LogP contribution in [0.3, 0.4) is 0 Å². The smallest absolute Gasteiger partial charge is 0.352 e. The molecule has 1 aliphatic rings. The van der Waals surface area contributed by atoms with E-state index >= 15 is 0 Å². The van der Waals surface area contributed by atoms with Crippen LogP contribution in [0.5, 0.6) is 0 Å². The topological polar surface area (TPSA) is 86.8 Å². The Hall–Kier alpha value is -3.57. The second-order valence-electron chi connectivity index (χ2n) is 11.3. The number of hydrogen-bond donors (Lipinski definition) is 1. The van der Waals surface area contributed by atoms with Crippen LogP contribution in [0.2, 0.25) is 5.02 Å². The van der Waals surface area contributed by atoms with E-state index in [1.807, 2.05) is 25.1 Å². The molecule has 4 rings (SSSR count). The fourth-order valence-electron chi connectivity index (χ4n) is 5.58. The van der Waals surface area contributed by atoms with E-state index in [-0.39, 0.29) is 34.8 Å². The van der Waals surface area contributed by atoms with Crippen LogP contribution < -0.4 is 9.62 Å². The van der Waals surface area contributed by atoms with Crippen LogP contribution in [0.4, 0.5) is 18.9 Å². The van der Waals surface area contributed by atoms with E-state index in [2.05, 4.69) is 5.32 Å². The van der Waals surface area contributed by atoms with E-state index in [4.69, 9.17) is 11.6 Å². The molecule has 45 heavy (non-hydrogen) atoms. The molecule has 1 atom stereocenters. The number of amides is 2. The maximum absolute atomic E-state index is 14.3. The molecular weight excluding hydrogens is 627 g/mol. The largest absolute Gasteiger partial charge is 0.416 e. The minimum atomic E-state index is -4.80. The fourth-order valence-corrected chi connectivity index (χ4v) is 7.30. The summed E-state index contributed by atoms with van der Waals surface area (Å²) in [6.45, 7) is 2.72. The number of rotatable bonds is 11. The van der Waals surface area contributed by atoms with Crippen LogP contribution in [-0.2, 0) is 32.3 Å². The molecule has 0 spiro atoms. The molecule has 242 valence electrons. The summed E-state index contributed by atoms with van der Waals surface area (Å²) in [5.74, 6) is -1.13. The molecule has 3 aromatic rings. The van der Waals surface area contributed by atoms with Gasteiger partial charge in [-0.1, -0.05) is 85.8 Å². The zero-order chi connectivity index (χ0) is 32.8. The van der Waals surface area contributed by atoms with Gasteiger partial charge < -0.3 is 10.2 Å². The van der Waals surface area contributed by atoms with Gasteiger partial charge in [-0.3, -0.25) is 13.9 Å². The Bertz CT molecular complexity index is 1600. The second-order valence-corrected chi connectivity index (χ2v) is 13.5. The molecule has 0 heterocycles. The highest BCUT2D eigenvalue weighted by atomic mass is 35.5. The number of anilines is 1. The van der Waals surface area contributed by atoms with Gasteiger partial charge in [0.2, 0.25) is 11.8 Å². The van der Waals surface area contributed by atoms with Gasteiger partial charge in [-0.25, -0.2) is 8.42 Å². The molecular formula is C33H37ClF3N3O4S. The molecule has 12 heteroatoms. The van der Waals surface area contributed by atoms with E-state index in [9.17, 15) is 31.2 Å². The maximum Gasteiger partial charge on any atom is 0.416 e. The van der Waals surface area contributed by atoms with Gasteiger partial charge in [0.05, 0.1) is 21.2 Å². The van der Waals surface area contributed by atoms with Crippen molar-refractivity contribution in [1.82, 2.24) is 10.2 Å². The molecule has 0 aromatic heterocycles. The normalized spacial score (nSPS) is 14.9. The van der Waals surface area contributed by atoms with E-state index in [1.54, 1.807) is 19.1 Å².